The smallest absolute Gasteiger partial charge is 0.156 e. The standard InChI is InChI=1S/C30H33BrF2O2/c1-28(2,3)11-12-30(35)10-9-23-20-7-5-17-13-18(34)6-8-19(17)27(20)22(16-29(23,30)4)21-14-26(33)24(31)15-25(21)32/h13-15,20,22-23,35H,5-10,16H2,1-4H3/t20-,22+,23-,29-,30+/m0/s1. The highest BCUT2D eigenvalue weighted by molar-refractivity contribution is 9.10. The maximum Gasteiger partial charge on any atom is 0.156 e. The van der Waals surface area contributed by atoms with E-state index in [1.54, 1.807) is 6.08 Å². The van der Waals surface area contributed by atoms with Gasteiger partial charge in [-0.25, -0.2) is 8.78 Å². The quantitative estimate of drug-likeness (QED) is 0.296. The van der Waals surface area contributed by atoms with E-state index in [9.17, 15) is 14.3 Å². The molecule has 0 amide bonds. The van der Waals surface area contributed by atoms with Gasteiger partial charge < -0.3 is 5.11 Å². The number of carbonyl (C=O) groups excluding carboxylic acids is 1. The molecule has 5 atom stereocenters. The molecule has 1 aromatic rings. The van der Waals surface area contributed by atoms with E-state index in [2.05, 4.69) is 34.7 Å². The summed E-state index contributed by atoms with van der Waals surface area (Å²) in [6, 6.07) is 2.53. The van der Waals surface area contributed by atoms with E-state index >= 15 is 4.39 Å². The molecule has 0 heterocycles. The molecule has 1 aromatic carbocycles. The lowest BCUT2D eigenvalue weighted by Gasteiger charge is -2.53. The summed E-state index contributed by atoms with van der Waals surface area (Å²) in [5.74, 6) is 5.75. The van der Waals surface area contributed by atoms with E-state index in [4.69, 9.17) is 0 Å². The van der Waals surface area contributed by atoms with Gasteiger partial charge in [-0.1, -0.05) is 24.3 Å². The van der Waals surface area contributed by atoms with E-state index in [0.29, 0.717) is 31.2 Å². The number of hydrogen-bond acceptors (Lipinski definition) is 2. The Morgan fingerprint density at radius 2 is 1.86 bits per heavy atom. The van der Waals surface area contributed by atoms with Crippen LogP contribution in [0.2, 0.25) is 0 Å². The lowest BCUT2D eigenvalue weighted by Crippen LogP contribution is -2.51. The number of aliphatic hydroxyl groups is 1. The van der Waals surface area contributed by atoms with Crippen LogP contribution in [0.1, 0.15) is 84.1 Å². The number of rotatable bonds is 1. The van der Waals surface area contributed by atoms with Crippen LogP contribution in [-0.4, -0.2) is 16.5 Å². The Balaban J connectivity index is 1.71. The Labute approximate surface area is 215 Å². The van der Waals surface area contributed by atoms with Crippen molar-refractivity contribution >= 4 is 21.7 Å². The van der Waals surface area contributed by atoms with Crippen LogP contribution in [-0.2, 0) is 4.79 Å². The Kier molecular flexibility index (Phi) is 5.97. The number of benzene rings is 1. The Morgan fingerprint density at radius 1 is 1.11 bits per heavy atom. The molecule has 5 rings (SSSR count). The lowest BCUT2D eigenvalue weighted by molar-refractivity contribution is -0.114. The number of allylic oxidation sites excluding steroid dienone is 4. The van der Waals surface area contributed by atoms with Gasteiger partial charge in [0.1, 0.15) is 17.2 Å². The van der Waals surface area contributed by atoms with Gasteiger partial charge in [-0.2, -0.15) is 0 Å². The molecule has 0 saturated heterocycles. The molecule has 0 spiro atoms. The molecule has 0 aliphatic heterocycles. The van der Waals surface area contributed by atoms with Crippen LogP contribution >= 0.6 is 15.9 Å². The monoisotopic (exact) mass is 542 g/mol. The van der Waals surface area contributed by atoms with Gasteiger partial charge in [0.2, 0.25) is 0 Å². The van der Waals surface area contributed by atoms with Crippen LogP contribution < -0.4 is 0 Å². The zero-order valence-electron chi connectivity index (χ0n) is 20.9. The summed E-state index contributed by atoms with van der Waals surface area (Å²) < 4.78 is 30.3. The third kappa shape index (κ3) is 4.05. The van der Waals surface area contributed by atoms with Crippen LogP contribution in [0.3, 0.4) is 0 Å². The molecule has 0 unspecified atom stereocenters. The van der Waals surface area contributed by atoms with Crippen LogP contribution in [0.4, 0.5) is 8.78 Å². The largest absolute Gasteiger partial charge is 0.377 e. The molecule has 2 nitrogen and oxygen atoms in total. The number of fused-ring (bicyclic) bond motifs is 4. The first kappa shape index (κ1) is 24.9. The highest BCUT2D eigenvalue weighted by atomic mass is 79.9. The van der Waals surface area contributed by atoms with Crippen molar-refractivity contribution in [3.8, 4) is 11.8 Å². The van der Waals surface area contributed by atoms with Crippen molar-refractivity contribution < 1.29 is 18.7 Å². The topological polar surface area (TPSA) is 37.3 Å². The number of hydrogen-bond donors (Lipinski definition) is 1. The second-order valence-corrected chi connectivity index (χ2v) is 13.0. The third-order valence-electron chi connectivity index (χ3n) is 8.95. The first-order chi connectivity index (χ1) is 16.3. The first-order valence-corrected chi connectivity index (χ1v) is 13.5. The summed E-state index contributed by atoms with van der Waals surface area (Å²) in [4.78, 5) is 12.2. The van der Waals surface area contributed by atoms with Crippen LogP contribution in [0.5, 0.6) is 0 Å². The maximum absolute atomic E-state index is 15.4. The Hall–Kier alpha value is -1.77. The molecule has 0 aromatic heterocycles. The summed E-state index contributed by atoms with van der Waals surface area (Å²) >= 11 is 3.12. The van der Waals surface area contributed by atoms with Gasteiger partial charge in [0.25, 0.3) is 0 Å². The average molecular weight is 543 g/mol. The predicted octanol–water partition coefficient (Wildman–Crippen LogP) is 7.41. The normalized spacial score (nSPS) is 34.5. The SMILES string of the molecule is CC(C)(C)C#C[C@]1(O)CC[C@H]2[C@@H]3CCC4=CC(=O)CCC4=C3[C@@H](c3cc(F)c(Br)cc3F)C[C@@]21C. The lowest BCUT2D eigenvalue weighted by atomic mass is 9.51. The fourth-order valence-electron chi connectivity index (χ4n) is 7.25. The zero-order chi connectivity index (χ0) is 25.3. The van der Waals surface area contributed by atoms with Gasteiger partial charge in [-0.15, -0.1) is 0 Å². The maximum atomic E-state index is 15.4. The Morgan fingerprint density at radius 3 is 2.57 bits per heavy atom. The first-order valence-electron chi connectivity index (χ1n) is 12.7. The van der Waals surface area contributed by atoms with Crippen LogP contribution in [0.15, 0.2) is 39.4 Å². The average Bonchev–Trinajstić information content (AvgIpc) is 3.04. The van der Waals surface area contributed by atoms with Crippen molar-refractivity contribution in [3.05, 3.63) is 56.6 Å². The molecule has 186 valence electrons. The van der Waals surface area contributed by atoms with Crippen molar-refractivity contribution in [3.63, 3.8) is 0 Å². The molecular formula is C30H33BrF2O2. The summed E-state index contributed by atoms with van der Waals surface area (Å²) in [6.07, 6.45) is 6.51. The number of carbonyl (C=O) groups is 1. The van der Waals surface area contributed by atoms with E-state index < -0.39 is 22.7 Å². The van der Waals surface area contributed by atoms with Crippen LogP contribution in [0.25, 0.3) is 0 Å². The molecule has 5 heteroatoms. The summed E-state index contributed by atoms with van der Waals surface area (Å²) in [7, 11) is 0. The Bertz CT molecular complexity index is 1230. The highest BCUT2D eigenvalue weighted by Crippen LogP contribution is 2.66. The molecule has 0 bridgehead atoms. The molecule has 35 heavy (non-hydrogen) atoms. The van der Waals surface area contributed by atoms with Crippen molar-refractivity contribution in [2.45, 2.75) is 84.2 Å². The molecule has 2 saturated carbocycles. The van der Waals surface area contributed by atoms with Gasteiger partial charge in [0.15, 0.2) is 5.78 Å². The summed E-state index contributed by atoms with van der Waals surface area (Å²) in [6.45, 7) is 8.20. The van der Waals surface area contributed by atoms with Crippen molar-refractivity contribution in [2.24, 2.45) is 22.7 Å². The van der Waals surface area contributed by atoms with Gasteiger partial charge in [-0.3, -0.25) is 4.79 Å². The molecule has 4 aliphatic rings. The molecule has 0 radical (unpaired) electrons. The van der Waals surface area contributed by atoms with Crippen LogP contribution in [0, 0.1) is 46.1 Å². The van der Waals surface area contributed by atoms with Crippen molar-refractivity contribution in [2.75, 3.05) is 0 Å². The van der Waals surface area contributed by atoms with E-state index in [0.717, 1.165) is 24.8 Å². The van der Waals surface area contributed by atoms with E-state index in [1.807, 2.05) is 20.8 Å². The summed E-state index contributed by atoms with van der Waals surface area (Å²) in [5.41, 5.74) is 1.78. The van der Waals surface area contributed by atoms with Crippen molar-refractivity contribution in [1.82, 2.24) is 0 Å². The van der Waals surface area contributed by atoms with Gasteiger partial charge >= 0.3 is 0 Å². The molecule has 2 fully saturated rings. The van der Waals surface area contributed by atoms with E-state index in [-0.39, 0.29) is 33.4 Å². The number of ketones is 1. The highest BCUT2D eigenvalue weighted by Gasteiger charge is 2.62. The van der Waals surface area contributed by atoms with E-state index in [1.165, 1.54) is 23.3 Å². The fourth-order valence-corrected chi connectivity index (χ4v) is 7.56. The molecular weight excluding hydrogens is 510 g/mol. The number of halogens is 3. The molecule has 4 aliphatic carbocycles. The second kappa shape index (κ2) is 8.38. The second-order valence-electron chi connectivity index (χ2n) is 12.2. The van der Waals surface area contributed by atoms with Gasteiger partial charge in [0.05, 0.1) is 4.47 Å². The minimum absolute atomic E-state index is 0.105. The van der Waals surface area contributed by atoms with Gasteiger partial charge in [0, 0.05) is 23.2 Å². The molecule has 1 N–H and O–H groups in total. The third-order valence-corrected chi connectivity index (χ3v) is 9.55. The summed E-state index contributed by atoms with van der Waals surface area (Å²) in [5, 5.41) is 12.0. The fraction of sp³-hybridized carbons (Fsp3) is 0.567. The van der Waals surface area contributed by atoms with Crippen molar-refractivity contribution in [1.29, 1.82) is 0 Å². The predicted molar refractivity (Wildman–Crippen MR) is 137 cm³/mol. The minimum Gasteiger partial charge on any atom is -0.377 e. The van der Waals surface area contributed by atoms with Gasteiger partial charge in [-0.05, 0) is 122 Å². The minimum atomic E-state index is -1.18. The zero-order valence-corrected chi connectivity index (χ0v) is 22.5.